The standard InChI is InChI=1S/C18H22FN/c1-3-20-13-17(15-7-5-4-6-8-15)12-16-11-14(2)9-10-18(16)19/h4-11,17,20H,3,12-13H2,1-2H3. The van der Waals surface area contributed by atoms with Crippen molar-refractivity contribution in [3.8, 4) is 0 Å². The largest absolute Gasteiger partial charge is 0.316 e. The Kier molecular flexibility index (Phi) is 5.31. The minimum absolute atomic E-state index is 0.104. The highest BCUT2D eigenvalue weighted by Gasteiger charge is 2.14. The van der Waals surface area contributed by atoms with Crippen molar-refractivity contribution in [1.29, 1.82) is 0 Å². The quantitative estimate of drug-likeness (QED) is 0.835. The molecule has 0 bridgehead atoms. The van der Waals surface area contributed by atoms with E-state index < -0.39 is 0 Å². The van der Waals surface area contributed by atoms with Crippen LogP contribution in [-0.2, 0) is 6.42 Å². The maximum Gasteiger partial charge on any atom is 0.126 e. The van der Waals surface area contributed by atoms with Gasteiger partial charge in [0, 0.05) is 12.5 Å². The lowest BCUT2D eigenvalue weighted by Crippen LogP contribution is -2.23. The molecule has 1 nitrogen and oxygen atoms in total. The van der Waals surface area contributed by atoms with Crippen LogP contribution in [0.4, 0.5) is 4.39 Å². The van der Waals surface area contributed by atoms with Gasteiger partial charge in [0.05, 0.1) is 0 Å². The third kappa shape index (κ3) is 3.91. The molecule has 0 heterocycles. The lowest BCUT2D eigenvalue weighted by Gasteiger charge is -2.18. The highest BCUT2D eigenvalue weighted by Crippen LogP contribution is 2.22. The lowest BCUT2D eigenvalue weighted by atomic mass is 9.91. The summed E-state index contributed by atoms with van der Waals surface area (Å²) in [5.74, 6) is 0.195. The second-order valence-corrected chi connectivity index (χ2v) is 5.21. The van der Waals surface area contributed by atoms with Gasteiger partial charge < -0.3 is 5.32 Å². The van der Waals surface area contributed by atoms with Crippen LogP contribution in [0.1, 0.15) is 29.5 Å². The van der Waals surface area contributed by atoms with Gasteiger partial charge >= 0.3 is 0 Å². The third-order valence-corrected chi connectivity index (χ3v) is 3.58. The summed E-state index contributed by atoms with van der Waals surface area (Å²) in [6.45, 7) is 5.90. The van der Waals surface area contributed by atoms with Crippen molar-refractivity contribution in [3.63, 3.8) is 0 Å². The van der Waals surface area contributed by atoms with Crippen LogP contribution in [0.15, 0.2) is 48.5 Å². The molecule has 106 valence electrons. The fourth-order valence-corrected chi connectivity index (χ4v) is 2.48. The summed E-state index contributed by atoms with van der Waals surface area (Å²) < 4.78 is 13.9. The average molecular weight is 271 g/mol. The fraction of sp³-hybridized carbons (Fsp3) is 0.333. The summed E-state index contributed by atoms with van der Waals surface area (Å²) in [4.78, 5) is 0. The normalized spacial score (nSPS) is 12.3. The molecule has 0 aliphatic carbocycles. The molecular formula is C18H22FN. The van der Waals surface area contributed by atoms with Crippen molar-refractivity contribution in [3.05, 3.63) is 71.0 Å². The molecule has 2 heteroatoms. The molecule has 20 heavy (non-hydrogen) atoms. The first kappa shape index (κ1) is 14.7. The van der Waals surface area contributed by atoms with Gasteiger partial charge in [0.25, 0.3) is 0 Å². The van der Waals surface area contributed by atoms with Crippen LogP contribution in [-0.4, -0.2) is 13.1 Å². The Morgan fingerprint density at radius 2 is 1.85 bits per heavy atom. The number of aryl methyl sites for hydroxylation is 1. The first-order chi connectivity index (χ1) is 9.70. The number of hydrogen-bond acceptors (Lipinski definition) is 1. The summed E-state index contributed by atoms with van der Waals surface area (Å²) in [6.07, 6.45) is 0.727. The van der Waals surface area contributed by atoms with Crippen molar-refractivity contribution >= 4 is 0 Å². The van der Waals surface area contributed by atoms with Gasteiger partial charge in [-0.25, -0.2) is 4.39 Å². The molecule has 1 atom stereocenters. The van der Waals surface area contributed by atoms with E-state index in [9.17, 15) is 4.39 Å². The van der Waals surface area contributed by atoms with Crippen LogP contribution in [0.2, 0.25) is 0 Å². The number of likely N-dealkylation sites (N-methyl/N-ethyl adjacent to an activating group) is 1. The topological polar surface area (TPSA) is 12.0 Å². The van der Waals surface area contributed by atoms with Crippen molar-refractivity contribution in [1.82, 2.24) is 5.32 Å². The monoisotopic (exact) mass is 271 g/mol. The van der Waals surface area contributed by atoms with Gasteiger partial charge in [-0.15, -0.1) is 0 Å². The minimum Gasteiger partial charge on any atom is -0.316 e. The third-order valence-electron chi connectivity index (χ3n) is 3.58. The second kappa shape index (κ2) is 7.20. The molecule has 0 aliphatic rings. The molecule has 0 radical (unpaired) electrons. The van der Waals surface area contributed by atoms with E-state index in [1.807, 2.05) is 37.3 Å². The molecule has 1 unspecified atom stereocenters. The molecular weight excluding hydrogens is 249 g/mol. The van der Waals surface area contributed by atoms with E-state index in [-0.39, 0.29) is 5.82 Å². The summed E-state index contributed by atoms with van der Waals surface area (Å²) in [5.41, 5.74) is 3.17. The number of halogens is 1. The molecule has 2 aromatic rings. The molecule has 0 aliphatic heterocycles. The summed E-state index contributed by atoms with van der Waals surface area (Å²) in [6, 6.07) is 15.7. The van der Waals surface area contributed by atoms with Crippen molar-refractivity contribution in [2.45, 2.75) is 26.2 Å². The van der Waals surface area contributed by atoms with Crippen LogP contribution in [0, 0.1) is 12.7 Å². The molecule has 0 amide bonds. The van der Waals surface area contributed by atoms with Crippen LogP contribution in [0.3, 0.4) is 0 Å². The highest BCUT2D eigenvalue weighted by molar-refractivity contribution is 5.28. The van der Waals surface area contributed by atoms with Crippen molar-refractivity contribution in [2.24, 2.45) is 0 Å². The summed E-state index contributed by atoms with van der Waals surface area (Å²) >= 11 is 0. The van der Waals surface area contributed by atoms with Gasteiger partial charge in [0.2, 0.25) is 0 Å². The predicted octanol–water partition coefficient (Wildman–Crippen LogP) is 4.07. The van der Waals surface area contributed by atoms with Crippen LogP contribution in [0.25, 0.3) is 0 Å². The van der Waals surface area contributed by atoms with E-state index in [1.54, 1.807) is 6.07 Å². The maximum absolute atomic E-state index is 13.9. The second-order valence-electron chi connectivity index (χ2n) is 5.21. The zero-order valence-corrected chi connectivity index (χ0v) is 12.2. The van der Waals surface area contributed by atoms with Gasteiger partial charge in [-0.1, -0.05) is 55.0 Å². The number of hydrogen-bond donors (Lipinski definition) is 1. The molecule has 0 spiro atoms. The first-order valence-corrected chi connectivity index (χ1v) is 7.21. The van der Waals surface area contributed by atoms with Crippen LogP contribution >= 0.6 is 0 Å². The lowest BCUT2D eigenvalue weighted by molar-refractivity contribution is 0.562. The molecule has 2 aromatic carbocycles. The zero-order valence-electron chi connectivity index (χ0n) is 12.2. The van der Waals surface area contributed by atoms with Crippen LogP contribution in [0.5, 0.6) is 0 Å². The predicted molar refractivity (Wildman–Crippen MR) is 82.6 cm³/mol. The summed E-state index contributed by atoms with van der Waals surface area (Å²) in [5, 5.41) is 3.38. The van der Waals surface area contributed by atoms with Gasteiger partial charge in [0.15, 0.2) is 0 Å². The fourth-order valence-electron chi connectivity index (χ4n) is 2.48. The van der Waals surface area contributed by atoms with Crippen molar-refractivity contribution in [2.75, 3.05) is 13.1 Å². The molecule has 2 rings (SSSR count). The van der Waals surface area contributed by atoms with E-state index in [0.717, 1.165) is 30.6 Å². The average Bonchev–Trinajstić information content (AvgIpc) is 2.48. The number of benzene rings is 2. The first-order valence-electron chi connectivity index (χ1n) is 7.21. The smallest absolute Gasteiger partial charge is 0.126 e. The Bertz CT molecular complexity index is 536. The van der Waals surface area contributed by atoms with Crippen molar-refractivity contribution < 1.29 is 4.39 Å². The van der Waals surface area contributed by atoms with Gasteiger partial charge in [-0.05, 0) is 37.1 Å². The minimum atomic E-state index is -0.104. The van der Waals surface area contributed by atoms with Gasteiger partial charge in [0.1, 0.15) is 5.82 Å². The zero-order chi connectivity index (χ0) is 14.4. The SMILES string of the molecule is CCNCC(Cc1cc(C)ccc1F)c1ccccc1. The van der Waals surface area contributed by atoms with E-state index >= 15 is 0 Å². The Labute approximate surface area is 120 Å². The van der Waals surface area contributed by atoms with E-state index in [0.29, 0.717) is 5.92 Å². The van der Waals surface area contributed by atoms with E-state index in [4.69, 9.17) is 0 Å². The van der Waals surface area contributed by atoms with E-state index in [2.05, 4.69) is 24.4 Å². The molecule has 0 fully saturated rings. The Balaban J connectivity index is 2.21. The Morgan fingerprint density at radius 3 is 2.55 bits per heavy atom. The van der Waals surface area contributed by atoms with Gasteiger partial charge in [-0.2, -0.15) is 0 Å². The number of rotatable bonds is 6. The highest BCUT2D eigenvalue weighted by atomic mass is 19.1. The maximum atomic E-state index is 13.9. The molecule has 0 aromatic heterocycles. The molecule has 1 N–H and O–H groups in total. The Hall–Kier alpha value is -1.67. The molecule has 0 saturated heterocycles. The Morgan fingerprint density at radius 1 is 1.10 bits per heavy atom. The summed E-state index contributed by atoms with van der Waals surface area (Å²) in [7, 11) is 0. The molecule has 0 saturated carbocycles. The van der Waals surface area contributed by atoms with Gasteiger partial charge in [-0.3, -0.25) is 0 Å². The van der Waals surface area contributed by atoms with E-state index in [1.165, 1.54) is 5.56 Å². The number of nitrogens with one attached hydrogen (secondary N) is 1. The van der Waals surface area contributed by atoms with Crippen LogP contribution < -0.4 is 5.32 Å².